The predicted molar refractivity (Wildman–Crippen MR) is 76.8 cm³/mol. The summed E-state index contributed by atoms with van der Waals surface area (Å²) in [5.74, 6) is -0.718. The maximum Gasteiger partial charge on any atom is 0.295 e. The van der Waals surface area contributed by atoms with E-state index >= 15 is 0 Å². The predicted octanol–water partition coefficient (Wildman–Crippen LogP) is 2.49. The van der Waals surface area contributed by atoms with Crippen LogP contribution in [-0.4, -0.2) is 44.6 Å². The number of hydrogen-bond donors (Lipinski definition) is 2. The average molecular weight is 309 g/mol. The highest BCUT2D eigenvalue weighted by atomic mass is 19.3. The maximum absolute atomic E-state index is 12.8. The van der Waals surface area contributed by atoms with Crippen molar-refractivity contribution in [3.8, 4) is 0 Å². The van der Waals surface area contributed by atoms with E-state index in [2.05, 4.69) is 9.97 Å². The van der Waals surface area contributed by atoms with Crippen LogP contribution in [-0.2, 0) is 0 Å². The van der Waals surface area contributed by atoms with Crippen LogP contribution in [0.4, 0.5) is 8.78 Å². The van der Waals surface area contributed by atoms with E-state index in [1.165, 1.54) is 0 Å². The van der Waals surface area contributed by atoms with E-state index < -0.39 is 18.4 Å². The number of carbonyl (C=O) groups is 1. The summed E-state index contributed by atoms with van der Waals surface area (Å²) in [5, 5.41) is 9.57. The SMILES string of the molecule is CC(O)CN(C(=O)c1cccc2[nH]c(C(F)F)nc12)C1CC1. The molecule has 1 aliphatic carbocycles. The number of aromatic nitrogens is 2. The molecule has 0 spiro atoms. The number of carbonyl (C=O) groups excluding carboxylic acids is 1. The molecule has 0 aliphatic heterocycles. The Bertz CT molecular complexity index is 695. The first kappa shape index (κ1) is 14.9. The summed E-state index contributed by atoms with van der Waals surface area (Å²) < 4.78 is 25.6. The fourth-order valence-corrected chi connectivity index (χ4v) is 2.55. The van der Waals surface area contributed by atoms with Crippen LogP contribution in [0.1, 0.15) is 42.4 Å². The third-order valence-electron chi connectivity index (χ3n) is 3.68. The first-order valence-corrected chi connectivity index (χ1v) is 7.23. The third-order valence-corrected chi connectivity index (χ3v) is 3.68. The van der Waals surface area contributed by atoms with Crippen LogP contribution in [0.25, 0.3) is 11.0 Å². The number of halogens is 2. The molecular weight excluding hydrogens is 292 g/mol. The molecule has 5 nitrogen and oxygen atoms in total. The zero-order valence-electron chi connectivity index (χ0n) is 12.1. The van der Waals surface area contributed by atoms with Crippen LogP contribution in [0.5, 0.6) is 0 Å². The molecule has 118 valence electrons. The van der Waals surface area contributed by atoms with E-state index in [9.17, 15) is 18.7 Å². The standard InChI is InChI=1S/C15H17F2N3O2/c1-8(21)7-20(9-5-6-9)15(22)10-3-2-4-11-12(10)19-14(18-11)13(16)17/h2-4,8-9,13,21H,5-7H2,1H3,(H,18,19). The minimum absolute atomic E-state index is 0.117. The van der Waals surface area contributed by atoms with Crippen molar-refractivity contribution >= 4 is 16.9 Å². The molecule has 0 radical (unpaired) electrons. The number of amides is 1. The van der Waals surface area contributed by atoms with Crippen LogP contribution in [0, 0.1) is 0 Å². The number of benzene rings is 1. The van der Waals surface area contributed by atoms with E-state index in [0.29, 0.717) is 5.52 Å². The smallest absolute Gasteiger partial charge is 0.295 e. The fraction of sp³-hybridized carbons (Fsp3) is 0.467. The number of hydrogen-bond acceptors (Lipinski definition) is 3. The Morgan fingerprint density at radius 3 is 2.82 bits per heavy atom. The number of nitrogens with zero attached hydrogens (tertiary/aromatic N) is 2. The van der Waals surface area contributed by atoms with Gasteiger partial charge in [0.1, 0.15) is 5.52 Å². The minimum atomic E-state index is -2.72. The molecule has 1 aromatic heterocycles. The van der Waals surface area contributed by atoms with Crippen molar-refractivity contribution in [2.24, 2.45) is 0 Å². The lowest BCUT2D eigenvalue weighted by molar-refractivity contribution is 0.0631. The minimum Gasteiger partial charge on any atom is -0.392 e. The van der Waals surface area contributed by atoms with Gasteiger partial charge in [-0.15, -0.1) is 0 Å². The summed E-state index contributed by atoms with van der Waals surface area (Å²) in [7, 11) is 0. The molecule has 2 aromatic rings. The highest BCUT2D eigenvalue weighted by molar-refractivity contribution is 6.05. The van der Waals surface area contributed by atoms with Crippen molar-refractivity contribution in [3.05, 3.63) is 29.6 Å². The average Bonchev–Trinajstić information content (AvgIpc) is 3.20. The molecule has 1 unspecified atom stereocenters. The number of nitrogens with one attached hydrogen (secondary N) is 1. The summed E-state index contributed by atoms with van der Waals surface area (Å²) in [6.45, 7) is 1.85. The highest BCUT2D eigenvalue weighted by Gasteiger charge is 2.34. The van der Waals surface area contributed by atoms with Crippen LogP contribution in [0.15, 0.2) is 18.2 Å². The lowest BCUT2D eigenvalue weighted by atomic mass is 10.1. The van der Waals surface area contributed by atoms with Gasteiger partial charge in [-0.2, -0.15) is 0 Å². The van der Waals surface area contributed by atoms with Gasteiger partial charge in [0, 0.05) is 12.6 Å². The molecule has 1 heterocycles. The molecule has 1 aromatic carbocycles. The lowest BCUT2D eigenvalue weighted by Gasteiger charge is -2.24. The molecular formula is C15H17F2N3O2. The number of aliphatic hydroxyl groups is 1. The molecule has 1 aliphatic rings. The van der Waals surface area contributed by atoms with Gasteiger partial charge in [0.2, 0.25) is 0 Å². The van der Waals surface area contributed by atoms with Gasteiger partial charge in [0.15, 0.2) is 5.82 Å². The molecule has 0 bridgehead atoms. The van der Waals surface area contributed by atoms with Gasteiger partial charge in [-0.3, -0.25) is 4.79 Å². The van der Waals surface area contributed by atoms with E-state index in [4.69, 9.17) is 0 Å². The van der Waals surface area contributed by atoms with Crippen molar-refractivity contribution < 1.29 is 18.7 Å². The molecule has 1 atom stereocenters. The molecule has 2 N–H and O–H groups in total. The second kappa shape index (κ2) is 5.64. The van der Waals surface area contributed by atoms with Gasteiger partial charge < -0.3 is 15.0 Å². The number of para-hydroxylation sites is 1. The van der Waals surface area contributed by atoms with Crippen molar-refractivity contribution in [2.75, 3.05) is 6.54 Å². The monoisotopic (exact) mass is 309 g/mol. The first-order chi connectivity index (χ1) is 10.5. The van der Waals surface area contributed by atoms with Gasteiger partial charge in [0.25, 0.3) is 12.3 Å². The fourth-order valence-electron chi connectivity index (χ4n) is 2.55. The molecule has 22 heavy (non-hydrogen) atoms. The summed E-state index contributed by atoms with van der Waals surface area (Å²) in [6, 6.07) is 4.95. The molecule has 3 rings (SSSR count). The van der Waals surface area contributed by atoms with E-state index in [1.807, 2.05) is 0 Å². The van der Waals surface area contributed by atoms with Gasteiger partial charge in [-0.25, -0.2) is 13.8 Å². The summed E-state index contributed by atoms with van der Waals surface area (Å²) in [5.41, 5.74) is 0.946. The zero-order chi connectivity index (χ0) is 15.9. The van der Waals surface area contributed by atoms with E-state index in [-0.39, 0.29) is 29.6 Å². The molecule has 7 heteroatoms. The molecule has 0 saturated heterocycles. The Hall–Kier alpha value is -2.02. The number of fused-ring (bicyclic) bond motifs is 1. The van der Waals surface area contributed by atoms with Crippen molar-refractivity contribution in [3.63, 3.8) is 0 Å². The van der Waals surface area contributed by atoms with Gasteiger partial charge in [0.05, 0.1) is 17.2 Å². The van der Waals surface area contributed by atoms with Crippen LogP contribution in [0.2, 0.25) is 0 Å². The van der Waals surface area contributed by atoms with E-state index in [1.54, 1.807) is 30.0 Å². The summed E-state index contributed by atoms with van der Waals surface area (Å²) >= 11 is 0. The topological polar surface area (TPSA) is 69.2 Å². The Morgan fingerprint density at radius 2 is 2.23 bits per heavy atom. The maximum atomic E-state index is 12.8. The number of alkyl halides is 2. The first-order valence-electron chi connectivity index (χ1n) is 7.23. The van der Waals surface area contributed by atoms with Crippen molar-refractivity contribution in [1.82, 2.24) is 14.9 Å². The Labute approximate surface area is 126 Å². The number of aliphatic hydroxyl groups excluding tert-OH is 1. The van der Waals surface area contributed by atoms with Crippen molar-refractivity contribution in [1.29, 1.82) is 0 Å². The van der Waals surface area contributed by atoms with Crippen LogP contribution < -0.4 is 0 Å². The number of aromatic amines is 1. The molecule has 1 saturated carbocycles. The lowest BCUT2D eigenvalue weighted by Crippen LogP contribution is -2.38. The Kier molecular flexibility index (Phi) is 3.82. The summed E-state index contributed by atoms with van der Waals surface area (Å²) in [4.78, 5) is 20.7. The van der Waals surface area contributed by atoms with Gasteiger partial charge >= 0.3 is 0 Å². The normalized spacial score (nSPS) is 16.2. The molecule has 1 amide bonds. The number of H-pyrrole nitrogens is 1. The Morgan fingerprint density at radius 1 is 1.50 bits per heavy atom. The summed E-state index contributed by atoms with van der Waals surface area (Å²) in [6.07, 6.45) is -1.55. The van der Waals surface area contributed by atoms with Crippen molar-refractivity contribution in [2.45, 2.75) is 38.3 Å². The van der Waals surface area contributed by atoms with Crippen LogP contribution >= 0.6 is 0 Å². The highest BCUT2D eigenvalue weighted by Crippen LogP contribution is 2.30. The second-order valence-corrected chi connectivity index (χ2v) is 5.66. The second-order valence-electron chi connectivity index (χ2n) is 5.66. The van der Waals surface area contributed by atoms with E-state index in [0.717, 1.165) is 12.8 Å². The third kappa shape index (κ3) is 2.81. The number of rotatable bonds is 5. The largest absolute Gasteiger partial charge is 0.392 e. The number of imidazole rings is 1. The van der Waals surface area contributed by atoms with Gasteiger partial charge in [-0.05, 0) is 31.9 Å². The molecule has 1 fully saturated rings. The quantitative estimate of drug-likeness (QED) is 0.891. The zero-order valence-corrected chi connectivity index (χ0v) is 12.1. The Balaban J connectivity index is 1.99. The van der Waals surface area contributed by atoms with Gasteiger partial charge in [-0.1, -0.05) is 6.07 Å². The van der Waals surface area contributed by atoms with Crippen LogP contribution in [0.3, 0.4) is 0 Å².